The lowest BCUT2D eigenvalue weighted by Crippen LogP contribution is -1.95. The van der Waals surface area contributed by atoms with E-state index >= 15 is 0 Å². The molecule has 0 spiro atoms. The SMILES string of the molecule is C=C/C=C(\C=C/C)C(=C)N. The van der Waals surface area contributed by atoms with E-state index in [0.29, 0.717) is 5.70 Å². The first-order valence-electron chi connectivity index (χ1n) is 3.12. The highest BCUT2D eigenvalue weighted by Crippen LogP contribution is 2.02. The minimum Gasteiger partial charge on any atom is -0.399 e. The summed E-state index contributed by atoms with van der Waals surface area (Å²) in [6.07, 6.45) is 7.31. The molecule has 0 bridgehead atoms. The van der Waals surface area contributed by atoms with Crippen LogP contribution in [0.4, 0.5) is 0 Å². The molecule has 0 unspecified atom stereocenters. The first-order valence-corrected chi connectivity index (χ1v) is 3.12. The highest BCUT2D eigenvalue weighted by atomic mass is 14.6. The van der Waals surface area contributed by atoms with E-state index in [2.05, 4.69) is 13.2 Å². The van der Waals surface area contributed by atoms with Crippen LogP contribution < -0.4 is 5.73 Å². The van der Waals surface area contributed by atoms with Crippen molar-refractivity contribution in [1.29, 1.82) is 0 Å². The first kappa shape index (κ1) is 8.76. The lowest BCUT2D eigenvalue weighted by molar-refractivity contribution is 1.37. The fourth-order valence-corrected chi connectivity index (χ4v) is 0.576. The Hall–Kier alpha value is -1.24. The zero-order chi connectivity index (χ0) is 7.98. The zero-order valence-electron chi connectivity index (χ0n) is 6.30. The van der Waals surface area contributed by atoms with Crippen LogP contribution in [-0.2, 0) is 0 Å². The van der Waals surface area contributed by atoms with Gasteiger partial charge in [-0.2, -0.15) is 0 Å². The molecule has 0 saturated heterocycles. The van der Waals surface area contributed by atoms with Crippen LogP contribution in [0.2, 0.25) is 0 Å². The second-order valence-corrected chi connectivity index (χ2v) is 1.88. The van der Waals surface area contributed by atoms with E-state index in [9.17, 15) is 0 Å². The van der Waals surface area contributed by atoms with Crippen LogP contribution in [0.5, 0.6) is 0 Å². The van der Waals surface area contributed by atoms with E-state index in [0.717, 1.165) is 5.57 Å². The van der Waals surface area contributed by atoms with Gasteiger partial charge in [-0.1, -0.05) is 37.5 Å². The van der Waals surface area contributed by atoms with Gasteiger partial charge in [-0.15, -0.1) is 0 Å². The van der Waals surface area contributed by atoms with Gasteiger partial charge in [0.15, 0.2) is 0 Å². The van der Waals surface area contributed by atoms with Gasteiger partial charge in [-0.05, 0) is 12.5 Å². The number of rotatable bonds is 3. The van der Waals surface area contributed by atoms with Gasteiger partial charge in [0.1, 0.15) is 0 Å². The Balaban J connectivity index is 4.41. The third-order valence-corrected chi connectivity index (χ3v) is 1.01. The quantitative estimate of drug-likeness (QED) is 0.589. The van der Waals surface area contributed by atoms with Crippen LogP contribution in [0.3, 0.4) is 0 Å². The van der Waals surface area contributed by atoms with E-state index in [4.69, 9.17) is 5.73 Å². The van der Waals surface area contributed by atoms with Crippen LogP contribution in [0.15, 0.2) is 48.7 Å². The predicted molar refractivity (Wildman–Crippen MR) is 46.4 cm³/mol. The van der Waals surface area contributed by atoms with Crippen molar-refractivity contribution in [3.63, 3.8) is 0 Å². The summed E-state index contributed by atoms with van der Waals surface area (Å²) in [7, 11) is 0. The molecule has 0 amide bonds. The largest absolute Gasteiger partial charge is 0.399 e. The number of allylic oxidation sites excluding steroid dienone is 4. The molecule has 0 aliphatic heterocycles. The van der Waals surface area contributed by atoms with Crippen LogP contribution in [-0.4, -0.2) is 0 Å². The van der Waals surface area contributed by atoms with Gasteiger partial charge < -0.3 is 5.73 Å². The molecule has 0 radical (unpaired) electrons. The molecule has 1 heteroatoms. The van der Waals surface area contributed by atoms with Gasteiger partial charge in [0.25, 0.3) is 0 Å². The second kappa shape index (κ2) is 4.62. The molecule has 10 heavy (non-hydrogen) atoms. The van der Waals surface area contributed by atoms with Crippen LogP contribution in [0.1, 0.15) is 6.92 Å². The predicted octanol–water partition coefficient (Wildman–Crippen LogP) is 2.15. The van der Waals surface area contributed by atoms with E-state index < -0.39 is 0 Å². The third kappa shape index (κ3) is 2.92. The molecule has 0 heterocycles. The Kier molecular flexibility index (Phi) is 4.05. The van der Waals surface area contributed by atoms with Crippen molar-refractivity contribution in [3.8, 4) is 0 Å². The van der Waals surface area contributed by atoms with Crippen molar-refractivity contribution < 1.29 is 0 Å². The number of nitrogens with two attached hydrogens (primary N) is 1. The molecule has 0 aromatic carbocycles. The molecule has 0 aromatic heterocycles. The molecule has 0 fully saturated rings. The molecule has 0 saturated carbocycles. The molecular weight excluding hydrogens is 122 g/mol. The molecule has 0 atom stereocenters. The molecule has 0 aliphatic carbocycles. The van der Waals surface area contributed by atoms with E-state index in [1.807, 2.05) is 25.2 Å². The van der Waals surface area contributed by atoms with Crippen molar-refractivity contribution in [2.45, 2.75) is 6.92 Å². The summed E-state index contributed by atoms with van der Waals surface area (Å²) in [4.78, 5) is 0. The average molecular weight is 135 g/mol. The van der Waals surface area contributed by atoms with Crippen LogP contribution in [0.25, 0.3) is 0 Å². The summed E-state index contributed by atoms with van der Waals surface area (Å²) >= 11 is 0. The van der Waals surface area contributed by atoms with Gasteiger partial charge in [0.2, 0.25) is 0 Å². The highest BCUT2D eigenvalue weighted by Gasteiger charge is 1.88. The third-order valence-electron chi connectivity index (χ3n) is 1.01. The van der Waals surface area contributed by atoms with Gasteiger partial charge in [0, 0.05) is 5.70 Å². The lowest BCUT2D eigenvalue weighted by atomic mass is 10.2. The van der Waals surface area contributed by atoms with Gasteiger partial charge in [-0.25, -0.2) is 0 Å². The average Bonchev–Trinajstić information content (AvgIpc) is 1.87. The topological polar surface area (TPSA) is 26.0 Å². The first-order chi connectivity index (χ1) is 4.72. The van der Waals surface area contributed by atoms with E-state index in [-0.39, 0.29) is 0 Å². The van der Waals surface area contributed by atoms with Crippen molar-refractivity contribution in [2.24, 2.45) is 5.73 Å². The maximum absolute atomic E-state index is 5.45. The monoisotopic (exact) mass is 135 g/mol. The Morgan fingerprint density at radius 2 is 2.10 bits per heavy atom. The summed E-state index contributed by atoms with van der Waals surface area (Å²) < 4.78 is 0. The molecule has 0 aromatic rings. The molecule has 0 rings (SSSR count). The zero-order valence-corrected chi connectivity index (χ0v) is 6.30. The van der Waals surface area contributed by atoms with Crippen molar-refractivity contribution in [1.82, 2.24) is 0 Å². The van der Waals surface area contributed by atoms with Gasteiger partial charge in [-0.3, -0.25) is 0 Å². The Morgan fingerprint density at radius 3 is 2.40 bits per heavy atom. The van der Waals surface area contributed by atoms with E-state index in [1.54, 1.807) is 6.08 Å². The van der Waals surface area contributed by atoms with Crippen LogP contribution in [0, 0.1) is 0 Å². The molecule has 54 valence electrons. The van der Waals surface area contributed by atoms with E-state index in [1.165, 1.54) is 0 Å². The maximum atomic E-state index is 5.45. The summed E-state index contributed by atoms with van der Waals surface area (Å²) in [6.45, 7) is 9.09. The fourth-order valence-electron chi connectivity index (χ4n) is 0.576. The van der Waals surface area contributed by atoms with Gasteiger partial charge in [0.05, 0.1) is 0 Å². The van der Waals surface area contributed by atoms with Crippen molar-refractivity contribution in [2.75, 3.05) is 0 Å². The minimum absolute atomic E-state index is 0.568. The maximum Gasteiger partial charge on any atom is 0.0314 e. The number of hydrogen-bond donors (Lipinski definition) is 1. The summed E-state index contributed by atoms with van der Waals surface area (Å²) in [5.41, 5.74) is 6.93. The summed E-state index contributed by atoms with van der Waals surface area (Å²) in [5, 5.41) is 0. The number of hydrogen-bond acceptors (Lipinski definition) is 1. The molecular formula is C9H13N. The van der Waals surface area contributed by atoms with Crippen molar-refractivity contribution >= 4 is 0 Å². The van der Waals surface area contributed by atoms with Crippen LogP contribution >= 0.6 is 0 Å². The molecule has 0 aliphatic rings. The van der Waals surface area contributed by atoms with Gasteiger partial charge >= 0.3 is 0 Å². The Morgan fingerprint density at radius 1 is 1.50 bits per heavy atom. The summed E-state index contributed by atoms with van der Waals surface area (Å²) in [5.74, 6) is 0. The smallest absolute Gasteiger partial charge is 0.0314 e. The minimum atomic E-state index is 0.568. The fraction of sp³-hybridized carbons (Fsp3) is 0.111. The second-order valence-electron chi connectivity index (χ2n) is 1.88. The Bertz CT molecular complexity index is 185. The Labute approximate surface area is 62.2 Å². The highest BCUT2D eigenvalue weighted by molar-refractivity contribution is 5.37. The standard InChI is InChI=1S/C9H13N/c1-4-6-9(7-5-2)8(3)10/h4-7H,1,3,10H2,2H3/b7-5-,9-6+. The lowest BCUT2D eigenvalue weighted by Gasteiger charge is -1.96. The normalized spacial score (nSPS) is 11.9. The molecule has 2 N–H and O–H groups in total. The molecule has 1 nitrogen and oxygen atoms in total. The summed E-state index contributed by atoms with van der Waals surface area (Å²) in [6, 6.07) is 0. The van der Waals surface area contributed by atoms with Crippen molar-refractivity contribution in [3.05, 3.63) is 48.7 Å².